The van der Waals surface area contributed by atoms with E-state index in [1.54, 1.807) is 11.1 Å². The number of nitrogens with zero attached hydrogens (tertiary/aromatic N) is 3. The largest absolute Gasteiger partial charge is 0.380 e. The highest BCUT2D eigenvalue weighted by molar-refractivity contribution is 6.05. The Labute approximate surface area is 167 Å². The molecule has 0 bridgehead atoms. The highest BCUT2D eigenvalue weighted by Gasteiger charge is 2.39. The number of hydrogen-bond acceptors (Lipinski definition) is 6. The SMILES string of the molecule is O=C1CCC(N2Cc3c(CN4CCNc5cccnc54)cccc3C2=O)C(=O)N1. The van der Waals surface area contributed by atoms with Gasteiger partial charge in [0, 0.05) is 44.4 Å². The number of nitrogens with one attached hydrogen (secondary N) is 2. The van der Waals surface area contributed by atoms with Gasteiger partial charge < -0.3 is 15.1 Å². The molecule has 3 aliphatic rings. The minimum absolute atomic E-state index is 0.143. The third-order valence-electron chi connectivity index (χ3n) is 5.82. The van der Waals surface area contributed by atoms with Gasteiger partial charge in [0.15, 0.2) is 5.82 Å². The van der Waals surface area contributed by atoms with E-state index in [0.29, 0.717) is 25.1 Å². The van der Waals surface area contributed by atoms with Crippen molar-refractivity contribution in [2.45, 2.75) is 32.0 Å². The molecule has 3 amide bonds. The van der Waals surface area contributed by atoms with Gasteiger partial charge in [0.05, 0.1) is 5.69 Å². The Bertz CT molecular complexity index is 1020. The van der Waals surface area contributed by atoms with Crippen LogP contribution in [-0.2, 0) is 22.7 Å². The summed E-state index contributed by atoms with van der Waals surface area (Å²) in [6.45, 7) is 2.68. The van der Waals surface area contributed by atoms with Crippen LogP contribution in [0.4, 0.5) is 11.5 Å². The summed E-state index contributed by atoms with van der Waals surface area (Å²) in [5.41, 5.74) is 3.67. The summed E-state index contributed by atoms with van der Waals surface area (Å²) in [6, 6.07) is 9.06. The molecule has 2 aromatic rings. The molecule has 8 nitrogen and oxygen atoms in total. The first-order valence-corrected chi connectivity index (χ1v) is 9.81. The predicted molar refractivity (Wildman–Crippen MR) is 106 cm³/mol. The van der Waals surface area contributed by atoms with Crippen LogP contribution in [0.2, 0.25) is 0 Å². The lowest BCUT2D eigenvalue weighted by molar-refractivity contribution is -0.136. The van der Waals surface area contributed by atoms with Crippen LogP contribution in [-0.4, -0.2) is 46.7 Å². The number of imide groups is 1. The summed E-state index contributed by atoms with van der Waals surface area (Å²) in [7, 11) is 0. The van der Waals surface area contributed by atoms with E-state index in [4.69, 9.17) is 0 Å². The molecule has 0 radical (unpaired) electrons. The van der Waals surface area contributed by atoms with Crippen molar-refractivity contribution in [1.29, 1.82) is 0 Å². The van der Waals surface area contributed by atoms with Gasteiger partial charge in [-0.05, 0) is 35.7 Å². The number of benzene rings is 1. The van der Waals surface area contributed by atoms with Crippen molar-refractivity contribution in [1.82, 2.24) is 15.2 Å². The van der Waals surface area contributed by atoms with Crippen molar-refractivity contribution in [2.75, 3.05) is 23.3 Å². The molecule has 0 saturated carbocycles. The minimum atomic E-state index is -0.595. The maximum Gasteiger partial charge on any atom is 0.255 e. The number of pyridine rings is 1. The summed E-state index contributed by atoms with van der Waals surface area (Å²) < 4.78 is 0. The van der Waals surface area contributed by atoms with Crippen LogP contribution in [0.3, 0.4) is 0 Å². The van der Waals surface area contributed by atoms with Gasteiger partial charge in [0.1, 0.15) is 6.04 Å². The fraction of sp³-hybridized carbons (Fsp3) is 0.333. The number of carbonyl (C=O) groups excluding carboxylic acids is 3. The fourth-order valence-corrected chi connectivity index (χ4v) is 4.38. The monoisotopic (exact) mass is 391 g/mol. The van der Waals surface area contributed by atoms with E-state index in [1.807, 2.05) is 30.3 Å². The number of anilines is 2. The van der Waals surface area contributed by atoms with Crippen LogP contribution >= 0.6 is 0 Å². The van der Waals surface area contributed by atoms with Crippen molar-refractivity contribution >= 4 is 29.2 Å². The smallest absolute Gasteiger partial charge is 0.255 e. The molecule has 2 N–H and O–H groups in total. The van der Waals surface area contributed by atoms with E-state index in [0.717, 1.165) is 35.7 Å². The molecular weight excluding hydrogens is 370 g/mol. The molecule has 3 aliphatic heterocycles. The van der Waals surface area contributed by atoms with Gasteiger partial charge in [-0.2, -0.15) is 0 Å². The number of carbonyl (C=O) groups is 3. The van der Waals surface area contributed by atoms with Gasteiger partial charge in [-0.25, -0.2) is 4.98 Å². The summed E-state index contributed by atoms with van der Waals surface area (Å²) in [6.07, 6.45) is 2.41. The Morgan fingerprint density at radius 3 is 2.90 bits per heavy atom. The molecule has 1 atom stereocenters. The Morgan fingerprint density at radius 2 is 2.03 bits per heavy atom. The van der Waals surface area contributed by atoms with E-state index < -0.39 is 6.04 Å². The van der Waals surface area contributed by atoms with Crippen molar-refractivity contribution in [3.8, 4) is 0 Å². The highest BCUT2D eigenvalue weighted by Crippen LogP contribution is 2.32. The zero-order chi connectivity index (χ0) is 20.0. The quantitative estimate of drug-likeness (QED) is 0.766. The molecule has 0 spiro atoms. The second-order valence-corrected chi connectivity index (χ2v) is 7.57. The van der Waals surface area contributed by atoms with Gasteiger partial charge in [0.25, 0.3) is 5.91 Å². The van der Waals surface area contributed by atoms with Gasteiger partial charge in [0.2, 0.25) is 11.8 Å². The maximum atomic E-state index is 13.0. The van der Waals surface area contributed by atoms with Crippen molar-refractivity contribution in [3.05, 3.63) is 53.2 Å². The van der Waals surface area contributed by atoms with Crippen LogP contribution in [0, 0.1) is 0 Å². The first kappa shape index (κ1) is 17.7. The zero-order valence-electron chi connectivity index (χ0n) is 15.9. The Kier molecular flexibility index (Phi) is 4.19. The predicted octanol–water partition coefficient (Wildman–Crippen LogP) is 1.27. The van der Waals surface area contributed by atoms with Crippen molar-refractivity contribution in [3.63, 3.8) is 0 Å². The molecule has 29 heavy (non-hydrogen) atoms. The molecular formula is C21H21N5O3. The first-order valence-electron chi connectivity index (χ1n) is 9.81. The van der Waals surface area contributed by atoms with Crippen molar-refractivity contribution < 1.29 is 14.4 Å². The average molecular weight is 391 g/mol. The average Bonchev–Trinajstić information content (AvgIpc) is 3.06. The van der Waals surface area contributed by atoms with Gasteiger partial charge in [-0.3, -0.25) is 19.7 Å². The molecule has 0 aliphatic carbocycles. The lowest BCUT2D eigenvalue weighted by atomic mass is 10.0. The number of aromatic nitrogens is 1. The lowest BCUT2D eigenvalue weighted by Crippen LogP contribution is -2.52. The summed E-state index contributed by atoms with van der Waals surface area (Å²) in [5.74, 6) is 0.100. The topological polar surface area (TPSA) is 94.6 Å². The van der Waals surface area contributed by atoms with Crippen LogP contribution in [0.1, 0.15) is 34.3 Å². The van der Waals surface area contributed by atoms with Gasteiger partial charge >= 0.3 is 0 Å². The molecule has 1 saturated heterocycles. The minimum Gasteiger partial charge on any atom is -0.380 e. The molecule has 8 heteroatoms. The van der Waals surface area contributed by atoms with Crippen LogP contribution in [0.5, 0.6) is 0 Å². The van der Waals surface area contributed by atoms with E-state index in [2.05, 4.69) is 20.5 Å². The molecule has 4 heterocycles. The first-order chi connectivity index (χ1) is 14.1. The van der Waals surface area contributed by atoms with E-state index in [1.165, 1.54) is 0 Å². The molecule has 5 rings (SSSR count). The second-order valence-electron chi connectivity index (χ2n) is 7.57. The van der Waals surface area contributed by atoms with Crippen molar-refractivity contribution in [2.24, 2.45) is 0 Å². The zero-order valence-corrected chi connectivity index (χ0v) is 15.9. The van der Waals surface area contributed by atoms with Crippen LogP contribution in [0.25, 0.3) is 0 Å². The lowest BCUT2D eigenvalue weighted by Gasteiger charge is -2.31. The molecule has 1 fully saturated rings. The van der Waals surface area contributed by atoms with E-state index in [9.17, 15) is 14.4 Å². The summed E-state index contributed by atoms with van der Waals surface area (Å²) in [5, 5.41) is 5.71. The maximum absolute atomic E-state index is 13.0. The summed E-state index contributed by atoms with van der Waals surface area (Å²) >= 11 is 0. The van der Waals surface area contributed by atoms with Gasteiger partial charge in [-0.1, -0.05) is 12.1 Å². The number of amides is 3. The fourth-order valence-electron chi connectivity index (χ4n) is 4.38. The third-order valence-corrected chi connectivity index (χ3v) is 5.82. The summed E-state index contributed by atoms with van der Waals surface area (Å²) in [4.78, 5) is 45.0. The highest BCUT2D eigenvalue weighted by atomic mass is 16.2. The van der Waals surface area contributed by atoms with Crippen LogP contribution < -0.4 is 15.5 Å². The van der Waals surface area contributed by atoms with E-state index >= 15 is 0 Å². The number of rotatable bonds is 3. The number of hydrogen-bond donors (Lipinski definition) is 2. The molecule has 1 unspecified atom stereocenters. The Balaban J connectivity index is 1.42. The molecule has 1 aromatic carbocycles. The standard InChI is InChI=1S/C21H21N5O3/c27-18-7-6-17(20(28)24-18)26-12-15-13(3-1-4-14(15)21(26)29)11-25-10-9-22-16-5-2-8-23-19(16)25/h1-5,8,17,22H,6-7,9-12H2,(H,24,27,28). The second kappa shape index (κ2) is 6.88. The Hall–Kier alpha value is -3.42. The molecule has 1 aromatic heterocycles. The normalized spacial score (nSPS) is 20.8. The number of fused-ring (bicyclic) bond motifs is 2. The Morgan fingerprint density at radius 1 is 1.14 bits per heavy atom. The van der Waals surface area contributed by atoms with Gasteiger partial charge in [-0.15, -0.1) is 0 Å². The van der Waals surface area contributed by atoms with Crippen LogP contribution in [0.15, 0.2) is 36.5 Å². The van der Waals surface area contributed by atoms with E-state index in [-0.39, 0.29) is 24.1 Å². The third kappa shape index (κ3) is 3.00. The number of piperidine rings is 1. The molecule has 148 valence electrons.